The molecule has 0 aliphatic carbocycles. The Morgan fingerprint density at radius 1 is 1.24 bits per heavy atom. The van der Waals surface area contributed by atoms with Crippen molar-refractivity contribution in [3.05, 3.63) is 52.2 Å². The quantitative estimate of drug-likeness (QED) is 0.817. The molecule has 0 unspecified atom stereocenters. The monoisotopic (exact) mass is 375 g/mol. The van der Waals surface area contributed by atoms with Gasteiger partial charge in [-0.25, -0.2) is 0 Å². The second-order valence-corrected chi connectivity index (χ2v) is 7.84. The van der Waals surface area contributed by atoms with Crippen LogP contribution in [0.3, 0.4) is 0 Å². The van der Waals surface area contributed by atoms with Crippen molar-refractivity contribution in [2.45, 2.75) is 23.8 Å². The summed E-state index contributed by atoms with van der Waals surface area (Å²) in [5, 5.41) is 2.81. The molecule has 1 saturated heterocycles. The third kappa shape index (κ3) is 3.31. The zero-order chi connectivity index (χ0) is 17.4. The number of carbonyl (C=O) groups is 1. The lowest BCUT2D eigenvalue weighted by Gasteiger charge is -2.32. The number of likely N-dealkylation sites (tertiary alicyclic amines) is 1. The average molecular weight is 376 g/mol. The largest absolute Gasteiger partial charge is 0.490 e. The number of benzene rings is 1. The Kier molecular flexibility index (Phi) is 4.52. The van der Waals surface area contributed by atoms with Gasteiger partial charge in [-0.3, -0.25) is 4.79 Å². The van der Waals surface area contributed by atoms with E-state index in [1.807, 2.05) is 46.8 Å². The SMILES string of the molecule is Cn1c(C(=O)N2CCC(Oc3ccc(Cl)cc3)CC2)cc2c1C=C[SH]2. The standard InChI is InChI=1S/C19H20ClN2O2S/c1-21-16-8-11-25-18(16)12-17(21)19(23)22-9-6-15(7-10-22)24-14-4-2-13(20)3-5-14/h2-5,8,11-12,15,25H,6-7,9-10H2,1H3. The van der Waals surface area contributed by atoms with E-state index in [0.717, 1.165) is 43.1 Å². The highest BCUT2D eigenvalue weighted by atomic mass is 35.5. The van der Waals surface area contributed by atoms with E-state index < -0.39 is 0 Å². The van der Waals surface area contributed by atoms with Gasteiger partial charge < -0.3 is 14.2 Å². The molecular formula is C19H20ClN2O2S. The van der Waals surface area contributed by atoms with Crippen molar-refractivity contribution in [1.29, 1.82) is 0 Å². The molecule has 131 valence electrons. The van der Waals surface area contributed by atoms with Crippen molar-refractivity contribution in [2.75, 3.05) is 13.1 Å². The van der Waals surface area contributed by atoms with E-state index in [0.29, 0.717) is 5.02 Å². The molecule has 4 rings (SSSR count). The molecule has 1 fully saturated rings. The molecule has 1 radical (unpaired) electrons. The number of carbonyl (C=O) groups excluding carboxylic acids is 1. The third-order valence-corrected chi connectivity index (χ3v) is 5.96. The lowest BCUT2D eigenvalue weighted by molar-refractivity contribution is 0.0587. The Labute approximate surface area is 156 Å². The van der Waals surface area contributed by atoms with E-state index in [4.69, 9.17) is 16.3 Å². The fourth-order valence-electron chi connectivity index (χ4n) is 3.34. The van der Waals surface area contributed by atoms with Crippen LogP contribution in [0, 0.1) is 0 Å². The van der Waals surface area contributed by atoms with Crippen LogP contribution in [0.4, 0.5) is 0 Å². The molecule has 25 heavy (non-hydrogen) atoms. The number of thiol groups is 1. The van der Waals surface area contributed by atoms with E-state index in [-0.39, 0.29) is 12.0 Å². The molecule has 1 aromatic heterocycles. The van der Waals surface area contributed by atoms with E-state index in [1.54, 1.807) is 0 Å². The zero-order valence-corrected chi connectivity index (χ0v) is 15.6. The highest BCUT2D eigenvalue weighted by molar-refractivity contribution is 8.02. The van der Waals surface area contributed by atoms with Crippen LogP contribution in [-0.4, -0.2) is 34.6 Å². The average Bonchev–Trinajstić information content (AvgIpc) is 3.20. The summed E-state index contributed by atoms with van der Waals surface area (Å²) in [6, 6.07) is 9.46. The Hall–Kier alpha value is -1.85. The first-order chi connectivity index (χ1) is 12.1. The van der Waals surface area contributed by atoms with Crippen molar-refractivity contribution in [1.82, 2.24) is 9.47 Å². The van der Waals surface area contributed by atoms with Gasteiger partial charge in [0.1, 0.15) is 17.5 Å². The van der Waals surface area contributed by atoms with Gasteiger partial charge in [0.15, 0.2) is 0 Å². The van der Waals surface area contributed by atoms with E-state index >= 15 is 0 Å². The lowest BCUT2D eigenvalue weighted by atomic mass is 10.1. The Morgan fingerprint density at radius 2 is 1.96 bits per heavy atom. The molecule has 2 aliphatic rings. The lowest BCUT2D eigenvalue weighted by Crippen LogP contribution is -2.42. The molecule has 0 N–H and O–H groups in total. The predicted molar refractivity (Wildman–Crippen MR) is 103 cm³/mol. The van der Waals surface area contributed by atoms with Crippen LogP contribution in [-0.2, 0) is 7.05 Å². The second-order valence-electron chi connectivity index (χ2n) is 6.37. The van der Waals surface area contributed by atoms with E-state index in [2.05, 4.69) is 11.5 Å². The first kappa shape index (κ1) is 16.6. The van der Waals surface area contributed by atoms with Crippen LogP contribution in [0.5, 0.6) is 5.75 Å². The highest BCUT2D eigenvalue weighted by Gasteiger charge is 2.27. The fraction of sp³-hybridized carbons (Fsp3) is 0.316. The molecule has 0 bridgehead atoms. The molecular weight excluding hydrogens is 356 g/mol. The van der Waals surface area contributed by atoms with E-state index in [9.17, 15) is 4.79 Å². The van der Waals surface area contributed by atoms with Gasteiger partial charge in [-0.2, -0.15) is 11.8 Å². The minimum atomic E-state index is 0.116. The molecule has 2 aliphatic heterocycles. The first-order valence-corrected chi connectivity index (χ1v) is 9.74. The van der Waals surface area contributed by atoms with Gasteiger partial charge in [0.2, 0.25) is 0 Å². The molecule has 6 heteroatoms. The number of hydrogen-bond donors (Lipinski definition) is 1. The number of piperidine rings is 1. The minimum Gasteiger partial charge on any atom is -0.490 e. The van der Waals surface area contributed by atoms with Crippen molar-refractivity contribution < 1.29 is 9.53 Å². The van der Waals surface area contributed by atoms with Crippen LogP contribution in [0.25, 0.3) is 6.08 Å². The smallest absolute Gasteiger partial charge is 0.270 e. The Balaban J connectivity index is 1.37. The molecule has 3 heterocycles. The van der Waals surface area contributed by atoms with Gasteiger partial charge in [-0.05, 0) is 41.8 Å². The molecule has 0 saturated carbocycles. The summed E-state index contributed by atoms with van der Waals surface area (Å²) in [6.45, 7) is 1.45. The molecule has 2 aromatic rings. The fourth-order valence-corrected chi connectivity index (χ4v) is 4.40. The summed E-state index contributed by atoms with van der Waals surface area (Å²) in [5.74, 6) is 0.948. The maximum Gasteiger partial charge on any atom is 0.270 e. The third-order valence-electron chi connectivity index (χ3n) is 4.77. The zero-order valence-electron chi connectivity index (χ0n) is 14.0. The van der Waals surface area contributed by atoms with Gasteiger partial charge in [0.25, 0.3) is 5.91 Å². The molecule has 4 nitrogen and oxygen atoms in total. The van der Waals surface area contributed by atoms with Crippen molar-refractivity contribution in [3.63, 3.8) is 0 Å². The predicted octanol–water partition coefficient (Wildman–Crippen LogP) is 4.17. The summed E-state index contributed by atoms with van der Waals surface area (Å²) in [7, 11) is 1.97. The van der Waals surface area contributed by atoms with Gasteiger partial charge in [-0.15, -0.1) is 0 Å². The maximum atomic E-state index is 12.9. The van der Waals surface area contributed by atoms with Crippen molar-refractivity contribution >= 4 is 35.3 Å². The second kappa shape index (κ2) is 6.81. The summed E-state index contributed by atoms with van der Waals surface area (Å²) in [5.41, 5.74) is 1.92. The van der Waals surface area contributed by atoms with Gasteiger partial charge in [-0.1, -0.05) is 11.6 Å². The van der Waals surface area contributed by atoms with Crippen molar-refractivity contribution in [3.8, 4) is 5.75 Å². The molecule has 0 spiro atoms. The van der Waals surface area contributed by atoms with Crippen LogP contribution in [0.1, 0.15) is 29.0 Å². The topological polar surface area (TPSA) is 34.5 Å². The number of fused-ring (bicyclic) bond motifs is 1. The number of ether oxygens (including phenoxy) is 1. The number of amides is 1. The van der Waals surface area contributed by atoms with Crippen LogP contribution >= 0.6 is 23.4 Å². The summed E-state index contributed by atoms with van der Waals surface area (Å²) in [6.07, 6.45) is 3.91. The number of halogens is 1. The summed E-state index contributed by atoms with van der Waals surface area (Å²) < 4.78 is 8.01. The van der Waals surface area contributed by atoms with Crippen LogP contribution in [0.15, 0.2) is 40.6 Å². The van der Waals surface area contributed by atoms with Gasteiger partial charge >= 0.3 is 0 Å². The first-order valence-electron chi connectivity index (χ1n) is 8.40. The highest BCUT2D eigenvalue weighted by Crippen LogP contribution is 2.34. The normalized spacial score (nSPS) is 17.0. The minimum absolute atomic E-state index is 0.116. The number of rotatable bonds is 3. The molecule has 1 amide bonds. The maximum absolute atomic E-state index is 12.9. The van der Waals surface area contributed by atoms with E-state index in [1.165, 1.54) is 16.7 Å². The van der Waals surface area contributed by atoms with Gasteiger partial charge in [0.05, 0.1) is 5.69 Å². The summed E-state index contributed by atoms with van der Waals surface area (Å²) in [4.78, 5) is 16.0. The molecule has 1 aromatic carbocycles. The number of nitrogens with zero attached hydrogens (tertiary/aromatic N) is 2. The van der Waals surface area contributed by atoms with Crippen LogP contribution < -0.4 is 4.74 Å². The number of aromatic nitrogens is 1. The van der Waals surface area contributed by atoms with Gasteiger partial charge in [0, 0.05) is 42.9 Å². The summed E-state index contributed by atoms with van der Waals surface area (Å²) >= 11 is 7.07. The molecule has 0 atom stereocenters. The van der Waals surface area contributed by atoms with Crippen LogP contribution in [0.2, 0.25) is 5.02 Å². The van der Waals surface area contributed by atoms with Crippen molar-refractivity contribution in [2.24, 2.45) is 7.05 Å². The number of hydrogen-bond acceptors (Lipinski definition) is 2. The Morgan fingerprint density at radius 3 is 2.64 bits per heavy atom. The Bertz CT molecular complexity index is 821.